The monoisotopic (exact) mass is 434 g/mol. The minimum absolute atomic E-state index is 0.204. The van der Waals surface area contributed by atoms with Gasteiger partial charge >= 0.3 is 11.9 Å². The summed E-state index contributed by atoms with van der Waals surface area (Å²) in [5.41, 5.74) is 3.32. The van der Waals surface area contributed by atoms with Gasteiger partial charge in [0, 0.05) is 23.9 Å². The van der Waals surface area contributed by atoms with Crippen LogP contribution in [0.3, 0.4) is 0 Å². The van der Waals surface area contributed by atoms with Crippen LogP contribution in [0.4, 0.5) is 0 Å². The van der Waals surface area contributed by atoms with Gasteiger partial charge in [0.2, 0.25) is 5.91 Å². The zero-order valence-electron chi connectivity index (χ0n) is 18.3. The molecule has 0 saturated carbocycles. The van der Waals surface area contributed by atoms with E-state index < -0.39 is 18.0 Å². The Balaban J connectivity index is 1.90. The van der Waals surface area contributed by atoms with Crippen molar-refractivity contribution in [2.75, 3.05) is 0 Å². The summed E-state index contributed by atoms with van der Waals surface area (Å²) in [6, 6.07) is 15.0. The molecule has 7 nitrogen and oxygen atoms in total. The second-order valence-electron chi connectivity index (χ2n) is 8.01. The molecule has 32 heavy (non-hydrogen) atoms. The van der Waals surface area contributed by atoms with Gasteiger partial charge in [0.15, 0.2) is 0 Å². The van der Waals surface area contributed by atoms with E-state index in [1.165, 1.54) is 4.90 Å². The first-order valence-electron chi connectivity index (χ1n) is 10.5. The minimum Gasteiger partial charge on any atom is -0.480 e. The molecule has 0 saturated heterocycles. The lowest BCUT2D eigenvalue weighted by molar-refractivity contribution is -0.152. The minimum atomic E-state index is -1.01. The van der Waals surface area contributed by atoms with E-state index in [1.54, 1.807) is 45.0 Å². The molecule has 1 amide bonds. The van der Waals surface area contributed by atoms with Crippen LogP contribution in [0.15, 0.2) is 54.6 Å². The average molecular weight is 434 g/mol. The van der Waals surface area contributed by atoms with Gasteiger partial charge in [0.25, 0.3) is 0 Å². The summed E-state index contributed by atoms with van der Waals surface area (Å²) >= 11 is 0. The molecule has 166 valence electrons. The zero-order valence-corrected chi connectivity index (χ0v) is 18.3. The molecule has 0 radical (unpaired) electrons. The van der Waals surface area contributed by atoms with Crippen LogP contribution < -0.4 is 0 Å². The number of pyridine rings is 1. The van der Waals surface area contributed by atoms with Crippen LogP contribution in [0.25, 0.3) is 22.2 Å². The summed E-state index contributed by atoms with van der Waals surface area (Å²) in [6.07, 6.45) is 0.232. The van der Waals surface area contributed by atoms with E-state index in [9.17, 15) is 19.5 Å². The number of carbonyl (C=O) groups excluding carboxylic acids is 1. The van der Waals surface area contributed by atoms with E-state index in [-0.39, 0.29) is 30.4 Å². The number of carbonyl (C=O) groups is 3. The molecule has 0 spiro atoms. The Labute approximate surface area is 186 Å². The highest BCUT2D eigenvalue weighted by Crippen LogP contribution is 2.24. The fourth-order valence-corrected chi connectivity index (χ4v) is 3.74. The van der Waals surface area contributed by atoms with Crippen molar-refractivity contribution in [1.82, 2.24) is 9.88 Å². The van der Waals surface area contributed by atoms with E-state index >= 15 is 0 Å². The van der Waals surface area contributed by atoms with Crippen LogP contribution in [0, 0.1) is 5.92 Å². The van der Waals surface area contributed by atoms with Crippen molar-refractivity contribution in [2.45, 2.75) is 39.8 Å². The standard InChI is InChI=1S/C25H26N2O5/c1-4-22(28)27(23(15(2)3)25(31)32)14-16-5-11-21-19(13-16)10-12-20(26-21)17-6-8-18(9-7-17)24(29)30/h5-13,15,23H,4,14H2,1-3H3,(H,29,30)(H,31,32). The summed E-state index contributed by atoms with van der Waals surface area (Å²) in [4.78, 5) is 41.4. The maximum Gasteiger partial charge on any atom is 0.335 e. The topological polar surface area (TPSA) is 108 Å². The molecule has 0 fully saturated rings. The van der Waals surface area contributed by atoms with Crippen molar-refractivity contribution >= 4 is 28.7 Å². The van der Waals surface area contributed by atoms with Crippen LogP contribution in [0.2, 0.25) is 0 Å². The first kappa shape index (κ1) is 22.9. The van der Waals surface area contributed by atoms with Crippen molar-refractivity contribution in [3.8, 4) is 11.3 Å². The number of aliphatic carboxylic acids is 1. The third kappa shape index (κ3) is 4.94. The molecule has 1 heterocycles. The maximum atomic E-state index is 12.5. The molecule has 1 atom stereocenters. The summed E-state index contributed by atoms with van der Waals surface area (Å²) in [5, 5.41) is 19.6. The number of rotatable bonds is 8. The Bertz CT molecular complexity index is 1150. The fourth-order valence-electron chi connectivity index (χ4n) is 3.74. The van der Waals surface area contributed by atoms with Crippen LogP contribution in [-0.4, -0.2) is 44.0 Å². The second kappa shape index (κ2) is 9.60. The third-order valence-corrected chi connectivity index (χ3v) is 5.38. The molecule has 3 rings (SSSR count). The molecular weight excluding hydrogens is 408 g/mol. The molecule has 7 heteroatoms. The Morgan fingerprint density at radius 2 is 1.66 bits per heavy atom. The summed E-state index contributed by atoms with van der Waals surface area (Å²) < 4.78 is 0. The summed E-state index contributed by atoms with van der Waals surface area (Å²) in [5.74, 6) is -2.42. The lowest BCUT2D eigenvalue weighted by Gasteiger charge is -2.31. The van der Waals surface area contributed by atoms with Gasteiger partial charge in [-0.25, -0.2) is 14.6 Å². The molecule has 3 aromatic rings. The van der Waals surface area contributed by atoms with Crippen LogP contribution >= 0.6 is 0 Å². The van der Waals surface area contributed by atoms with Gasteiger partial charge in [-0.15, -0.1) is 0 Å². The Kier molecular flexibility index (Phi) is 6.88. The van der Waals surface area contributed by atoms with Gasteiger partial charge in [-0.05, 0) is 41.8 Å². The first-order chi connectivity index (χ1) is 15.2. The van der Waals surface area contributed by atoms with Crippen LogP contribution in [-0.2, 0) is 16.1 Å². The molecule has 2 aromatic carbocycles. The number of carboxylic acid groups (broad SMARTS) is 2. The number of nitrogens with zero attached hydrogens (tertiary/aromatic N) is 2. The number of hydrogen-bond donors (Lipinski definition) is 2. The number of amides is 1. The molecule has 1 aromatic heterocycles. The average Bonchev–Trinajstić information content (AvgIpc) is 2.77. The first-order valence-corrected chi connectivity index (χ1v) is 10.5. The van der Waals surface area contributed by atoms with Gasteiger partial charge in [-0.3, -0.25) is 4.79 Å². The Morgan fingerprint density at radius 1 is 0.969 bits per heavy atom. The highest BCUT2D eigenvalue weighted by atomic mass is 16.4. The molecule has 0 bridgehead atoms. The Morgan fingerprint density at radius 3 is 2.22 bits per heavy atom. The lowest BCUT2D eigenvalue weighted by Crippen LogP contribution is -2.47. The molecule has 0 aliphatic heterocycles. The van der Waals surface area contributed by atoms with E-state index in [0.29, 0.717) is 0 Å². The van der Waals surface area contributed by atoms with Crippen molar-refractivity contribution in [2.24, 2.45) is 5.92 Å². The molecule has 0 aliphatic rings. The van der Waals surface area contributed by atoms with E-state index in [4.69, 9.17) is 5.11 Å². The van der Waals surface area contributed by atoms with Gasteiger partial charge in [-0.2, -0.15) is 0 Å². The predicted molar refractivity (Wildman–Crippen MR) is 121 cm³/mol. The van der Waals surface area contributed by atoms with Gasteiger partial charge < -0.3 is 15.1 Å². The number of aromatic carboxylic acids is 1. The number of hydrogen-bond acceptors (Lipinski definition) is 4. The number of aromatic nitrogens is 1. The van der Waals surface area contributed by atoms with Gasteiger partial charge in [-0.1, -0.05) is 45.0 Å². The van der Waals surface area contributed by atoms with Gasteiger partial charge in [0.1, 0.15) is 6.04 Å². The second-order valence-corrected chi connectivity index (χ2v) is 8.01. The normalized spacial score (nSPS) is 12.0. The van der Waals surface area contributed by atoms with Crippen molar-refractivity contribution < 1.29 is 24.6 Å². The summed E-state index contributed by atoms with van der Waals surface area (Å²) in [7, 11) is 0. The van der Waals surface area contributed by atoms with Crippen LogP contribution in [0.5, 0.6) is 0 Å². The largest absolute Gasteiger partial charge is 0.480 e. The van der Waals surface area contributed by atoms with Gasteiger partial charge in [0.05, 0.1) is 16.8 Å². The predicted octanol–water partition coefficient (Wildman–Crippen LogP) is 4.45. The van der Waals surface area contributed by atoms with Crippen LogP contribution in [0.1, 0.15) is 43.1 Å². The zero-order chi connectivity index (χ0) is 23.4. The lowest BCUT2D eigenvalue weighted by atomic mass is 10.0. The van der Waals surface area contributed by atoms with Crippen molar-refractivity contribution in [1.29, 1.82) is 0 Å². The number of benzene rings is 2. The summed E-state index contributed by atoms with van der Waals surface area (Å²) in [6.45, 7) is 5.52. The third-order valence-electron chi connectivity index (χ3n) is 5.38. The number of carboxylic acids is 2. The molecule has 0 aliphatic carbocycles. The van der Waals surface area contributed by atoms with E-state index in [0.717, 1.165) is 27.7 Å². The fraction of sp³-hybridized carbons (Fsp3) is 0.280. The highest BCUT2D eigenvalue weighted by Gasteiger charge is 2.31. The smallest absolute Gasteiger partial charge is 0.335 e. The van der Waals surface area contributed by atoms with Crippen molar-refractivity contribution in [3.63, 3.8) is 0 Å². The quantitative estimate of drug-likeness (QED) is 0.542. The maximum absolute atomic E-state index is 12.5. The Hall–Kier alpha value is -3.74. The van der Waals surface area contributed by atoms with E-state index in [2.05, 4.69) is 4.98 Å². The van der Waals surface area contributed by atoms with E-state index in [1.807, 2.05) is 30.3 Å². The molecule has 1 unspecified atom stereocenters. The number of fused-ring (bicyclic) bond motifs is 1. The van der Waals surface area contributed by atoms with Crippen molar-refractivity contribution in [3.05, 3.63) is 65.7 Å². The molecular formula is C25H26N2O5. The molecule has 2 N–H and O–H groups in total. The highest BCUT2D eigenvalue weighted by molar-refractivity contribution is 5.88. The SMILES string of the molecule is CCC(=O)N(Cc1ccc2nc(-c3ccc(C(=O)O)cc3)ccc2c1)C(C(=O)O)C(C)C.